The minimum Gasteiger partial charge on any atom is -0.427 e. The van der Waals surface area contributed by atoms with E-state index in [-0.39, 0.29) is 6.04 Å². The molecule has 1 fully saturated rings. The van der Waals surface area contributed by atoms with Crippen LogP contribution >= 0.6 is 0 Å². The summed E-state index contributed by atoms with van der Waals surface area (Å²) in [7, 11) is 0. The maximum Gasteiger partial charge on any atom is 0.528 e. The zero-order valence-electron chi connectivity index (χ0n) is 13.5. The van der Waals surface area contributed by atoms with Gasteiger partial charge < -0.3 is 20.6 Å². The molecule has 1 aliphatic heterocycles. The van der Waals surface area contributed by atoms with Gasteiger partial charge in [0.05, 0.1) is 17.4 Å². The van der Waals surface area contributed by atoms with Crippen LogP contribution in [0.25, 0.3) is 0 Å². The molecule has 0 spiro atoms. The number of nitrogen functional groups attached to an aromatic ring is 1. The Balaban J connectivity index is 1.86. The van der Waals surface area contributed by atoms with Gasteiger partial charge in [0, 0.05) is 13.1 Å². The maximum absolute atomic E-state index is 11.8. The normalized spacial score (nSPS) is 19.0. The van der Waals surface area contributed by atoms with Gasteiger partial charge in [0.2, 0.25) is 0 Å². The lowest BCUT2D eigenvalue weighted by atomic mass is 10.2. The number of ether oxygens (including phenoxy) is 1. The molecule has 0 radical (unpaired) electrons. The van der Waals surface area contributed by atoms with Crippen molar-refractivity contribution in [1.29, 1.82) is 0 Å². The fourth-order valence-electron chi connectivity index (χ4n) is 2.38. The third-order valence-corrected chi connectivity index (χ3v) is 3.39. The minimum atomic E-state index is -0.654. The first-order valence-corrected chi connectivity index (χ1v) is 7.61. The van der Waals surface area contributed by atoms with Crippen molar-refractivity contribution in [2.45, 2.75) is 45.3 Å². The van der Waals surface area contributed by atoms with Gasteiger partial charge in [0.15, 0.2) is 0 Å². The predicted octanol–water partition coefficient (Wildman–Crippen LogP) is 3.01. The highest BCUT2D eigenvalue weighted by Crippen LogP contribution is 2.22. The zero-order chi connectivity index (χ0) is 16.2. The van der Waals surface area contributed by atoms with Crippen molar-refractivity contribution in [2.75, 3.05) is 24.1 Å². The molecule has 1 aromatic carbocycles. The van der Waals surface area contributed by atoms with E-state index in [9.17, 15) is 4.79 Å². The Labute approximate surface area is 131 Å². The summed E-state index contributed by atoms with van der Waals surface area (Å²) >= 11 is 0. The number of carbonyl (C=O) groups excluding carboxylic acids is 1. The van der Waals surface area contributed by atoms with Crippen LogP contribution in [0, 0.1) is 0 Å². The van der Waals surface area contributed by atoms with Crippen LogP contribution < -0.4 is 11.1 Å². The first-order valence-electron chi connectivity index (χ1n) is 7.61. The fraction of sp³-hybridized carbons (Fsp3) is 0.562. The summed E-state index contributed by atoms with van der Waals surface area (Å²) in [6.45, 7) is 6.83. The van der Waals surface area contributed by atoms with E-state index in [0.717, 1.165) is 25.1 Å². The van der Waals surface area contributed by atoms with Crippen molar-refractivity contribution >= 4 is 17.5 Å². The van der Waals surface area contributed by atoms with Crippen LogP contribution in [0.1, 0.15) is 33.6 Å². The van der Waals surface area contributed by atoms with Crippen molar-refractivity contribution in [3.8, 4) is 0 Å². The van der Waals surface area contributed by atoms with Crippen LogP contribution in [-0.4, -0.2) is 36.0 Å². The van der Waals surface area contributed by atoms with Gasteiger partial charge in [0.25, 0.3) is 0 Å². The summed E-state index contributed by atoms with van der Waals surface area (Å²) in [4.78, 5) is 17.1. The van der Waals surface area contributed by atoms with Crippen LogP contribution in [0.3, 0.4) is 0 Å². The average Bonchev–Trinajstić information content (AvgIpc) is 2.83. The van der Waals surface area contributed by atoms with E-state index in [1.807, 2.05) is 45.0 Å². The molecule has 1 aliphatic rings. The van der Waals surface area contributed by atoms with E-state index in [0.29, 0.717) is 12.2 Å². The van der Waals surface area contributed by atoms with Gasteiger partial charge in [0.1, 0.15) is 5.60 Å². The van der Waals surface area contributed by atoms with Crippen LogP contribution in [0.15, 0.2) is 24.3 Å². The van der Waals surface area contributed by atoms with E-state index in [1.54, 1.807) is 5.06 Å². The first-order chi connectivity index (χ1) is 10.3. The Morgan fingerprint density at radius 1 is 1.41 bits per heavy atom. The number of anilines is 2. The van der Waals surface area contributed by atoms with Crippen LogP contribution in [-0.2, 0) is 9.57 Å². The molecule has 22 heavy (non-hydrogen) atoms. The molecule has 0 aliphatic carbocycles. The second-order valence-electron chi connectivity index (χ2n) is 6.46. The predicted molar refractivity (Wildman–Crippen MR) is 86.4 cm³/mol. The standard InChI is InChI=1S/C16H25N3O3/c1-16(2,3)21-15(20)22-19-10-6-7-12(19)11-18-14-9-5-4-8-13(14)17/h4-5,8-9,12,18H,6-7,10-11,17H2,1-3H3. The highest BCUT2D eigenvalue weighted by Gasteiger charge is 2.30. The summed E-state index contributed by atoms with van der Waals surface area (Å²) in [5.41, 5.74) is 6.96. The third-order valence-electron chi connectivity index (χ3n) is 3.39. The number of benzene rings is 1. The lowest BCUT2D eigenvalue weighted by Gasteiger charge is -2.26. The maximum atomic E-state index is 11.8. The Morgan fingerprint density at radius 3 is 2.82 bits per heavy atom. The SMILES string of the molecule is CC(C)(C)OC(=O)ON1CCCC1CNc1ccccc1N. The molecule has 2 rings (SSSR count). The van der Waals surface area contributed by atoms with E-state index in [2.05, 4.69) is 5.32 Å². The Morgan fingerprint density at radius 2 is 2.14 bits per heavy atom. The third kappa shape index (κ3) is 4.80. The van der Waals surface area contributed by atoms with Crippen molar-refractivity contribution in [3.63, 3.8) is 0 Å². The number of hydrogen-bond acceptors (Lipinski definition) is 6. The monoisotopic (exact) mass is 307 g/mol. The van der Waals surface area contributed by atoms with E-state index >= 15 is 0 Å². The van der Waals surface area contributed by atoms with Gasteiger partial charge in [-0.15, -0.1) is 5.06 Å². The Bertz CT molecular complexity index is 514. The summed E-state index contributed by atoms with van der Waals surface area (Å²) in [6.07, 6.45) is 1.29. The lowest BCUT2D eigenvalue weighted by Crippen LogP contribution is -2.38. The topological polar surface area (TPSA) is 76.8 Å². The van der Waals surface area contributed by atoms with Crippen molar-refractivity contribution in [2.24, 2.45) is 0 Å². The second-order valence-corrected chi connectivity index (χ2v) is 6.46. The molecular weight excluding hydrogens is 282 g/mol. The van der Waals surface area contributed by atoms with Crippen LogP contribution in [0.5, 0.6) is 0 Å². The summed E-state index contributed by atoms with van der Waals surface area (Å²) in [5.74, 6) is 0. The molecule has 3 N–H and O–H groups in total. The van der Waals surface area contributed by atoms with Crippen molar-refractivity contribution in [3.05, 3.63) is 24.3 Å². The zero-order valence-corrected chi connectivity index (χ0v) is 13.5. The number of para-hydroxylation sites is 2. The van der Waals surface area contributed by atoms with E-state index in [4.69, 9.17) is 15.3 Å². The van der Waals surface area contributed by atoms with Crippen molar-refractivity contribution in [1.82, 2.24) is 5.06 Å². The Hall–Kier alpha value is -1.95. The largest absolute Gasteiger partial charge is 0.528 e. The molecule has 1 unspecified atom stereocenters. The Kier molecular flexibility index (Phi) is 5.13. The smallest absolute Gasteiger partial charge is 0.427 e. The molecule has 1 aromatic rings. The molecule has 1 heterocycles. The molecule has 6 nitrogen and oxygen atoms in total. The molecule has 122 valence electrons. The molecule has 1 atom stereocenters. The van der Waals surface area contributed by atoms with Gasteiger partial charge in [-0.25, -0.2) is 4.79 Å². The molecule has 0 amide bonds. The van der Waals surface area contributed by atoms with Crippen LogP contribution in [0.2, 0.25) is 0 Å². The second kappa shape index (κ2) is 6.87. The average molecular weight is 307 g/mol. The summed E-state index contributed by atoms with van der Waals surface area (Å²) in [6, 6.07) is 7.73. The number of nitrogens with one attached hydrogen (secondary N) is 1. The molecule has 1 saturated heterocycles. The van der Waals surface area contributed by atoms with Gasteiger partial charge >= 0.3 is 6.16 Å². The van der Waals surface area contributed by atoms with Crippen molar-refractivity contribution < 1.29 is 14.4 Å². The number of rotatable bonds is 4. The molecular formula is C16H25N3O3. The quantitative estimate of drug-likeness (QED) is 0.658. The molecule has 6 heteroatoms. The van der Waals surface area contributed by atoms with E-state index in [1.165, 1.54) is 0 Å². The number of nitrogens with zero attached hydrogens (tertiary/aromatic N) is 1. The number of hydrogen-bond donors (Lipinski definition) is 2. The highest BCUT2D eigenvalue weighted by molar-refractivity contribution is 5.65. The van der Waals surface area contributed by atoms with Crippen LogP contribution in [0.4, 0.5) is 16.2 Å². The van der Waals surface area contributed by atoms with Gasteiger partial charge in [-0.3, -0.25) is 0 Å². The number of nitrogens with two attached hydrogens (primary N) is 1. The molecule has 0 bridgehead atoms. The van der Waals surface area contributed by atoms with Gasteiger partial charge in [-0.2, -0.15) is 0 Å². The first kappa shape index (κ1) is 16.4. The molecule has 0 saturated carbocycles. The lowest BCUT2D eigenvalue weighted by molar-refractivity contribution is -0.148. The number of carbonyl (C=O) groups is 1. The number of hydroxylamine groups is 2. The summed E-state index contributed by atoms with van der Waals surface area (Å²) in [5, 5.41) is 5.00. The molecule has 0 aromatic heterocycles. The fourth-order valence-corrected chi connectivity index (χ4v) is 2.38. The minimum absolute atomic E-state index is 0.118. The summed E-state index contributed by atoms with van der Waals surface area (Å²) < 4.78 is 5.19. The van der Waals surface area contributed by atoms with Gasteiger partial charge in [-0.05, 0) is 45.7 Å². The highest BCUT2D eigenvalue weighted by atomic mass is 16.8. The van der Waals surface area contributed by atoms with E-state index < -0.39 is 11.8 Å². The van der Waals surface area contributed by atoms with Gasteiger partial charge in [-0.1, -0.05) is 12.1 Å².